The van der Waals surface area contributed by atoms with E-state index in [2.05, 4.69) is 0 Å². The number of hydrogen-bond acceptors (Lipinski definition) is 3. The van der Waals surface area contributed by atoms with Gasteiger partial charge in [0.15, 0.2) is 0 Å². The molecule has 0 amide bonds. The van der Waals surface area contributed by atoms with Crippen molar-refractivity contribution >= 4 is 14.1 Å². The van der Waals surface area contributed by atoms with Crippen LogP contribution in [0.2, 0.25) is 0 Å². The Kier molecular flexibility index (Phi) is 8.66. The van der Waals surface area contributed by atoms with E-state index in [1.165, 1.54) is 42.8 Å². The molecule has 1 aromatic rings. The molecular formula is C19H29NO5P+. The van der Waals surface area contributed by atoms with Crippen LogP contribution in [0, 0.1) is 5.92 Å². The van der Waals surface area contributed by atoms with Crippen molar-refractivity contribution < 1.29 is 24.5 Å². The van der Waals surface area contributed by atoms with Crippen LogP contribution < -0.4 is 0 Å². The average Bonchev–Trinajstić information content (AvgIpc) is 2.64. The third kappa shape index (κ3) is 7.12. The van der Waals surface area contributed by atoms with Gasteiger partial charge in [0.2, 0.25) is 0 Å². The lowest BCUT2D eigenvalue weighted by atomic mass is 9.85. The van der Waals surface area contributed by atoms with Gasteiger partial charge in [-0.2, -0.15) is 0 Å². The largest absolute Gasteiger partial charge is 0.613 e. The van der Waals surface area contributed by atoms with Gasteiger partial charge in [0.05, 0.1) is 24.8 Å². The van der Waals surface area contributed by atoms with Crippen LogP contribution in [0.5, 0.6) is 0 Å². The number of benzene rings is 1. The summed E-state index contributed by atoms with van der Waals surface area (Å²) >= 11 is 0. The molecule has 3 N–H and O–H groups in total. The summed E-state index contributed by atoms with van der Waals surface area (Å²) in [6.07, 6.45) is 7.76. The van der Waals surface area contributed by atoms with Crippen molar-refractivity contribution in [2.75, 3.05) is 13.1 Å². The van der Waals surface area contributed by atoms with Crippen LogP contribution in [0.25, 0.3) is 0 Å². The van der Waals surface area contributed by atoms with E-state index in [0.717, 1.165) is 12.0 Å². The fourth-order valence-electron chi connectivity index (χ4n) is 3.60. The van der Waals surface area contributed by atoms with E-state index in [9.17, 15) is 19.4 Å². The topological polar surface area (TPSA) is 98.1 Å². The van der Waals surface area contributed by atoms with Gasteiger partial charge in [-0.05, 0) is 47.4 Å². The predicted molar refractivity (Wildman–Crippen MR) is 100 cm³/mol. The van der Waals surface area contributed by atoms with Crippen molar-refractivity contribution in [3.8, 4) is 0 Å². The van der Waals surface area contributed by atoms with Crippen LogP contribution in [-0.2, 0) is 11.0 Å². The summed E-state index contributed by atoms with van der Waals surface area (Å²) in [5, 5.41) is 19.3. The van der Waals surface area contributed by atoms with Gasteiger partial charge in [0, 0.05) is 0 Å². The predicted octanol–water partition coefficient (Wildman–Crippen LogP) is 3.60. The number of rotatable bonds is 10. The molecule has 2 atom stereocenters. The fraction of sp³-hybridized carbons (Fsp3) is 0.632. The molecule has 0 aliphatic heterocycles. The van der Waals surface area contributed by atoms with E-state index < -0.39 is 20.3 Å². The third-order valence-electron chi connectivity index (χ3n) is 5.13. The van der Waals surface area contributed by atoms with Crippen LogP contribution in [0.15, 0.2) is 24.3 Å². The average molecular weight is 382 g/mol. The first-order valence-electron chi connectivity index (χ1n) is 9.37. The Hall–Kier alpha value is -1.33. The Morgan fingerprint density at radius 2 is 2.00 bits per heavy atom. The number of aliphatic hydroxyl groups is 1. The fourth-order valence-corrected chi connectivity index (χ4v) is 4.20. The van der Waals surface area contributed by atoms with Crippen LogP contribution in [0.3, 0.4) is 0 Å². The Morgan fingerprint density at radius 3 is 2.65 bits per heavy atom. The zero-order valence-electron chi connectivity index (χ0n) is 15.1. The first-order valence-corrected chi connectivity index (χ1v) is 10.5. The number of hydrogen-bond donors (Lipinski definition) is 3. The molecule has 1 aromatic carbocycles. The highest BCUT2D eigenvalue weighted by molar-refractivity contribution is 7.35. The third-order valence-corrected chi connectivity index (χ3v) is 5.98. The minimum Gasteiger partial charge on any atom is -0.478 e. The molecular weight excluding hydrogens is 353 g/mol. The molecule has 1 saturated carbocycles. The molecule has 0 spiro atoms. The Bertz CT molecular complexity index is 603. The molecule has 6 nitrogen and oxygen atoms in total. The lowest BCUT2D eigenvalue weighted by molar-refractivity contribution is 0.0696. The molecule has 1 fully saturated rings. The molecule has 1 aliphatic rings. The second-order valence-corrected chi connectivity index (χ2v) is 8.23. The van der Waals surface area contributed by atoms with Crippen LogP contribution in [0.1, 0.15) is 60.9 Å². The molecule has 26 heavy (non-hydrogen) atoms. The van der Waals surface area contributed by atoms with E-state index in [0.29, 0.717) is 25.3 Å². The summed E-state index contributed by atoms with van der Waals surface area (Å²) in [4.78, 5) is 20.5. The van der Waals surface area contributed by atoms with E-state index in [1.54, 1.807) is 18.2 Å². The highest BCUT2D eigenvalue weighted by Gasteiger charge is 2.28. The van der Waals surface area contributed by atoms with E-state index in [-0.39, 0.29) is 12.1 Å². The molecule has 0 radical (unpaired) electrons. The molecule has 0 saturated heterocycles. The smallest absolute Gasteiger partial charge is 0.478 e. The van der Waals surface area contributed by atoms with Crippen LogP contribution >= 0.6 is 8.18 Å². The van der Waals surface area contributed by atoms with Crippen molar-refractivity contribution in [3.63, 3.8) is 0 Å². The Labute approximate surface area is 155 Å². The van der Waals surface area contributed by atoms with E-state index in [1.807, 2.05) is 0 Å². The van der Waals surface area contributed by atoms with Crippen molar-refractivity contribution in [3.05, 3.63) is 35.4 Å². The van der Waals surface area contributed by atoms with Gasteiger partial charge in [0.25, 0.3) is 0 Å². The quantitative estimate of drug-likeness (QED) is 0.535. The number of nitrogens with zero attached hydrogens (tertiary/aromatic N) is 1. The van der Waals surface area contributed by atoms with Crippen molar-refractivity contribution in [1.82, 2.24) is 4.67 Å². The first kappa shape index (κ1) is 21.0. The SMILES string of the molecule is O=C(O)c1cccc(CCN(C[C@@H](O)CCC2CCCCC2)[P+](=O)O)c1. The Balaban J connectivity index is 1.81. The second-order valence-electron chi connectivity index (χ2n) is 7.16. The summed E-state index contributed by atoms with van der Waals surface area (Å²) in [5.41, 5.74) is 0.999. The maximum Gasteiger partial charge on any atom is 0.613 e. The van der Waals surface area contributed by atoms with Crippen LogP contribution in [0.4, 0.5) is 0 Å². The van der Waals surface area contributed by atoms with Gasteiger partial charge < -0.3 is 10.2 Å². The summed E-state index contributed by atoms with van der Waals surface area (Å²) in [6, 6.07) is 6.56. The standard InChI is InChI=1S/C19H28NO5P/c21-18(10-9-15-5-2-1-3-6-15)14-20(26(24)25)12-11-16-7-4-8-17(13-16)19(22)23/h4,7-8,13,15,18,21H,1-3,5-6,9-12,14H2,(H-,22,23,24,25)/p+1/t18-/m0/s1. The highest BCUT2D eigenvalue weighted by Crippen LogP contribution is 2.29. The molecule has 2 rings (SSSR count). The number of carbonyl (C=O) groups is 1. The summed E-state index contributed by atoms with van der Waals surface area (Å²) in [5.74, 6) is -0.316. The summed E-state index contributed by atoms with van der Waals surface area (Å²) in [6.45, 7) is 0.465. The van der Waals surface area contributed by atoms with Crippen molar-refractivity contribution in [2.45, 2.75) is 57.5 Å². The molecule has 1 unspecified atom stereocenters. The van der Waals surface area contributed by atoms with Gasteiger partial charge in [-0.15, -0.1) is 4.89 Å². The summed E-state index contributed by atoms with van der Waals surface area (Å²) in [7, 11) is -2.53. The molecule has 7 heteroatoms. The minimum absolute atomic E-state index is 0.164. The molecule has 0 bridgehead atoms. The first-order chi connectivity index (χ1) is 12.5. The van der Waals surface area contributed by atoms with Gasteiger partial charge in [-0.25, -0.2) is 4.79 Å². The normalized spacial score (nSPS) is 17.3. The number of aliphatic hydroxyl groups excluding tert-OH is 1. The zero-order valence-corrected chi connectivity index (χ0v) is 16.0. The van der Waals surface area contributed by atoms with Gasteiger partial charge in [0.1, 0.15) is 0 Å². The van der Waals surface area contributed by atoms with Crippen LogP contribution in [-0.4, -0.2) is 44.9 Å². The van der Waals surface area contributed by atoms with E-state index >= 15 is 0 Å². The zero-order chi connectivity index (χ0) is 18.9. The van der Waals surface area contributed by atoms with Crippen molar-refractivity contribution in [2.24, 2.45) is 5.92 Å². The maximum atomic E-state index is 11.6. The molecule has 0 heterocycles. The molecule has 144 valence electrons. The lowest BCUT2D eigenvalue weighted by Crippen LogP contribution is -2.29. The minimum atomic E-state index is -2.53. The van der Waals surface area contributed by atoms with Crippen molar-refractivity contribution in [1.29, 1.82) is 0 Å². The summed E-state index contributed by atoms with van der Waals surface area (Å²) < 4.78 is 13.0. The lowest BCUT2D eigenvalue weighted by Gasteiger charge is -2.23. The molecule has 0 aromatic heterocycles. The monoisotopic (exact) mass is 382 g/mol. The van der Waals surface area contributed by atoms with Gasteiger partial charge in [-0.3, -0.25) is 0 Å². The maximum absolute atomic E-state index is 11.6. The number of carboxylic acids is 1. The Morgan fingerprint density at radius 1 is 1.27 bits per heavy atom. The van der Waals surface area contributed by atoms with Gasteiger partial charge in [-0.1, -0.05) is 48.9 Å². The second kappa shape index (κ2) is 10.7. The molecule has 1 aliphatic carbocycles. The highest BCUT2D eigenvalue weighted by atomic mass is 31.1. The number of aromatic carboxylic acids is 1. The van der Waals surface area contributed by atoms with Gasteiger partial charge >= 0.3 is 14.1 Å². The van der Waals surface area contributed by atoms with E-state index in [4.69, 9.17) is 5.11 Å². The number of carboxylic acid groups (broad SMARTS) is 1.